The van der Waals surface area contributed by atoms with Crippen molar-refractivity contribution in [3.63, 3.8) is 0 Å². The molecular formula is C27H25F3N4O5. The van der Waals surface area contributed by atoms with Crippen molar-refractivity contribution in [2.45, 2.75) is 24.9 Å². The topological polar surface area (TPSA) is 102 Å². The number of aromatic nitrogens is 1. The predicted octanol–water partition coefficient (Wildman–Crippen LogP) is 3.18. The Hall–Kier alpha value is -4.48. The van der Waals surface area contributed by atoms with Gasteiger partial charge in [0, 0.05) is 24.8 Å². The molecule has 2 N–H and O–H groups in total. The van der Waals surface area contributed by atoms with Crippen LogP contribution in [0.4, 0.5) is 19.0 Å². The highest BCUT2D eigenvalue weighted by Gasteiger charge is 2.38. The molecule has 39 heavy (non-hydrogen) atoms. The number of amides is 2. The van der Waals surface area contributed by atoms with Crippen LogP contribution in [0.25, 0.3) is 0 Å². The summed E-state index contributed by atoms with van der Waals surface area (Å²) in [4.78, 5) is 31.3. The van der Waals surface area contributed by atoms with E-state index < -0.39 is 29.8 Å². The number of benzene rings is 2. The number of halogens is 3. The van der Waals surface area contributed by atoms with Gasteiger partial charge in [0.05, 0.1) is 25.3 Å². The minimum atomic E-state index is -4.52. The molecular weight excluding hydrogens is 517 g/mol. The monoisotopic (exact) mass is 542 g/mol. The molecule has 4 heterocycles. The first-order valence-corrected chi connectivity index (χ1v) is 12.1. The Balaban J connectivity index is 1.46. The van der Waals surface area contributed by atoms with Gasteiger partial charge >= 0.3 is 6.18 Å². The largest absolute Gasteiger partial charge is 0.493 e. The van der Waals surface area contributed by atoms with Gasteiger partial charge in [0.15, 0.2) is 18.1 Å². The Kier molecular flexibility index (Phi) is 7.18. The SMILES string of the molecule is COc1ccc2cc1OCC(=O)NCc1ccc(cc1)O[C@H]1CN(c3cc(C(F)(F)F)ccn3)C[C@@H]1NC2=O. The number of anilines is 1. The maximum Gasteiger partial charge on any atom is 0.416 e. The molecule has 204 valence electrons. The van der Waals surface area contributed by atoms with Gasteiger partial charge in [0.25, 0.3) is 11.8 Å². The Morgan fingerprint density at radius 1 is 1.05 bits per heavy atom. The standard InChI is InChI=1S/C27H25F3N4O5/c1-37-21-7-4-17-10-22(21)38-15-25(35)32-12-16-2-5-19(6-3-16)39-23-14-34(13-20(23)33-26(17)36)24-11-18(8-9-31-24)27(28,29)30/h2-11,20,23H,12-15H2,1H3,(H,32,35)(H,33,36)/t20-,23-/m0/s1. The van der Waals surface area contributed by atoms with Gasteiger partial charge in [0.1, 0.15) is 17.7 Å². The second kappa shape index (κ2) is 10.7. The minimum Gasteiger partial charge on any atom is -0.493 e. The summed E-state index contributed by atoms with van der Waals surface area (Å²) in [6.07, 6.45) is -4.00. The van der Waals surface area contributed by atoms with Crippen molar-refractivity contribution in [3.05, 3.63) is 77.5 Å². The van der Waals surface area contributed by atoms with E-state index in [-0.39, 0.29) is 49.3 Å². The lowest BCUT2D eigenvalue weighted by Gasteiger charge is -2.21. The molecule has 3 aliphatic heterocycles. The first-order chi connectivity index (χ1) is 18.7. The summed E-state index contributed by atoms with van der Waals surface area (Å²) in [6, 6.07) is 12.9. The van der Waals surface area contributed by atoms with Crippen LogP contribution in [-0.4, -0.2) is 55.8 Å². The third-order valence-corrected chi connectivity index (χ3v) is 6.46. The number of carbonyl (C=O) groups is 2. The Morgan fingerprint density at radius 2 is 1.85 bits per heavy atom. The van der Waals surface area contributed by atoms with E-state index in [0.717, 1.165) is 23.9 Å². The van der Waals surface area contributed by atoms with Gasteiger partial charge in [0.2, 0.25) is 0 Å². The molecule has 6 rings (SSSR count). The lowest BCUT2D eigenvalue weighted by molar-refractivity contribution is -0.137. The number of alkyl halides is 3. The highest BCUT2D eigenvalue weighted by molar-refractivity contribution is 5.95. The molecule has 3 aliphatic rings. The van der Waals surface area contributed by atoms with Crippen molar-refractivity contribution < 1.29 is 37.0 Å². The molecule has 1 fully saturated rings. The van der Waals surface area contributed by atoms with Gasteiger partial charge in [-0.15, -0.1) is 0 Å². The number of hydrogen-bond donors (Lipinski definition) is 2. The van der Waals surface area contributed by atoms with Crippen molar-refractivity contribution in [3.8, 4) is 17.2 Å². The van der Waals surface area contributed by atoms with Crippen LogP contribution in [0.1, 0.15) is 21.5 Å². The summed E-state index contributed by atoms with van der Waals surface area (Å²) < 4.78 is 57.1. The second-order valence-electron chi connectivity index (χ2n) is 9.12. The highest BCUT2D eigenvalue weighted by Crippen LogP contribution is 2.32. The van der Waals surface area contributed by atoms with E-state index in [4.69, 9.17) is 14.2 Å². The van der Waals surface area contributed by atoms with Crippen molar-refractivity contribution in [2.24, 2.45) is 0 Å². The summed E-state index contributed by atoms with van der Waals surface area (Å²) in [5.74, 6) is 0.383. The normalized spacial score (nSPS) is 19.7. The van der Waals surface area contributed by atoms with Crippen LogP contribution in [0.2, 0.25) is 0 Å². The van der Waals surface area contributed by atoms with Crippen LogP contribution >= 0.6 is 0 Å². The van der Waals surface area contributed by atoms with Crippen LogP contribution in [0.15, 0.2) is 60.8 Å². The van der Waals surface area contributed by atoms with Gasteiger partial charge < -0.3 is 29.7 Å². The van der Waals surface area contributed by atoms with E-state index in [1.807, 2.05) is 0 Å². The maximum atomic E-state index is 13.3. The molecule has 0 unspecified atom stereocenters. The number of carbonyl (C=O) groups excluding carboxylic acids is 2. The molecule has 9 nitrogen and oxygen atoms in total. The van der Waals surface area contributed by atoms with Crippen molar-refractivity contribution in [2.75, 3.05) is 31.7 Å². The van der Waals surface area contributed by atoms with E-state index >= 15 is 0 Å². The third kappa shape index (κ3) is 6.00. The summed E-state index contributed by atoms with van der Waals surface area (Å²) in [7, 11) is 1.44. The van der Waals surface area contributed by atoms with Crippen LogP contribution in [0.5, 0.6) is 17.2 Å². The molecule has 1 saturated heterocycles. The highest BCUT2D eigenvalue weighted by atomic mass is 19.4. The minimum absolute atomic E-state index is 0.128. The molecule has 0 saturated carbocycles. The Labute approximate surface area is 221 Å². The number of hydrogen-bond acceptors (Lipinski definition) is 7. The number of fused-ring (bicyclic) bond motifs is 7. The van der Waals surface area contributed by atoms with Crippen LogP contribution in [-0.2, 0) is 17.5 Å². The quantitative estimate of drug-likeness (QED) is 0.513. The molecule has 2 atom stereocenters. The fraction of sp³-hybridized carbons (Fsp3) is 0.296. The average Bonchev–Trinajstić information content (AvgIpc) is 3.32. The van der Waals surface area contributed by atoms with Crippen molar-refractivity contribution >= 4 is 17.6 Å². The molecule has 0 aliphatic carbocycles. The number of nitrogens with one attached hydrogen (secondary N) is 2. The zero-order valence-corrected chi connectivity index (χ0v) is 20.8. The van der Waals surface area contributed by atoms with E-state index in [0.29, 0.717) is 11.5 Å². The van der Waals surface area contributed by atoms with Gasteiger partial charge in [-0.2, -0.15) is 13.2 Å². The molecule has 3 aromatic rings. The van der Waals surface area contributed by atoms with Gasteiger partial charge in [-0.25, -0.2) is 4.98 Å². The summed E-state index contributed by atoms with van der Waals surface area (Å²) in [6.45, 7) is 0.335. The van der Waals surface area contributed by atoms with E-state index in [9.17, 15) is 22.8 Å². The lowest BCUT2D eigenvalue weighted by atomic mass is 10.1. The van der Waals surface area contributed by atoms with E-state index in [1.165, 1.54) is 13.2 Å². The number of methoxy groups -OCH3 is 1. The second-order valence-corrected chi connectivity index (χ2v) is 9.12. The predicted molar refractivity (Wildman–Crippen MR) is 134 cm³/mol. The number of ether oxygens (including phenoxy) is 3. The van der Waals surface area contributed by atoms with Crippen molar-refractivity contribution in [1.29, 1.82) is 0 Å². The maximum absolute atomic E-state index is 13.3. The number of rotatable bonds is 2. The average molecular weight is 543 g/mol. The molecule has 4 bridgehead atoms. The van der Waals surface area contributed by atoms with Crippen LogP contribution < -0.4 is 29.7 Å². The van der Waals surface area contributed by atoms with Gasteiger partial charge in [-0.05, 0) is 48.0 Å². The number of pyridine rings is 1. The van der Waals surface area contributed by atoms with E-state index in [1.54, 1.807) is 41.3 Å². The zero-order chi connectivity index (χ0) is 27.6. The van der Waals surface area contributed by atoms with Gasteiger partial charge in [-0.1, -0.05) is 12.1 Å². The molecule has 0 spiro atoms. The number of nitrogens with zero attached hydrogens (tertiary/aromatic N) is 2. The fourth-order valence-electron chi connectivity index (χ4n) is 4.42. The zero-order valence-electron chi connectivity index (χ0n) is 20.8. The molecule has 1 aromatic heterocycles. The van der Waals surface area contributed by atoms with Crippen LogP contribution in [0.3, 0.4) is 0 Å². The smallest absolute Gasteiger partial charge is 0.416 e. The Morgan fingerprint density at radius 3 is 2.59 bits per heavy atom. The summed E-state index contributed by atoms with van der Waals surface area (Å²) >= 11 is 0. The van der Waals surface area contributed by atoms with Gasteiger partial charge in [-0.3, -0.25) is 9.59 Å². The fourth-order valence-corrected chi connectivity index (χ4v) is 4.42. The molecule has 2 aromatic carbocycles. The lowest BCUT2D eigenvalue weighted by Crippen LogP contribution is -2.45. The summed E-state index contributed by atoms with van der Waals surface area (Å²) in [5.41, 5.74) is 0.256. The molecule has 12 heteroatoms. The molecule has 0 radical (unpaired) electrons. The van der Waals surface area contributed by atoms with Crippen LogP contribution in [0, 0.1) is 0 Å². The van der Waals surface area contributed by atoms with Crippen molar-refractivity contribution in [1.82, 2.24) is 15.6 Å². The Bertz CT molecular complexity index is 1370. The molecule has 2 amide bonds. The first kappa shape index (κ1) is 26.1. The third-order valence-electron chi connectivity index (χ3n) is 6.46. The summed E-state index contributed by atoms with van der Waals surface area (Å²) in [5, 5.41) is 5.70. The van der Waals surface area contributed by atoms with E-state index in [2.05, 4.69) is 15.6 Å². The first-order valence-electron chi connectivity index (χ1n) is 12.1.